The lowest BCUT2D eigenvalue weighted by Gasteiger charge is -2.27. The van der Waals surface area contributed by atoms with Gasteiger partial charge in [0.15, 0.2) is 11.5 Å². The molecule has 1 aromatic heterocycles. The summed E-state index contributed by atoms with van der Waals surface area (Å²) in [5.74, 6) is 1.35. The molecule has 1 aliphatic rings. The van der Waals surface area contributed by atoms with Gasteiger partial charge in [0.25, 0.3) is 0 Å². The predicted octanol–water partition coefficient (Wildman–Crippen LogP) is 5.63. The molecule has 0 aliphatic heterocycles. The quantitative estimate of drug-likeness (QED) is 0.361. The molecular formula is C27H26FN3O2. The Hall–Kier alpha value is -3.93. The number of nitrogens with one attached hydrogen (secondary N) is 1. The molecule has 6 heteroatoms. The maximum atomic E-state index is 13.5. The largest absolute Gasteiger partial charge is 0.494 e. The van der Waals surface area contributed by atoms with Crippen molar-refractivity contribution in [3.05, 3.63) is 114 Å². The molecule has 2 aromatic carbocycles. The maximum absolute atomic E-state index is 13.5. The molecule has 168 valence electrons. The van der Waals surface area contributed by atoms with Crippen molar-refractivity contribution in [2.75, 3.05) is 26.1 Å². The fourth-order valence-corrected chi connectivity index (χ4v) is 4.00. The number of hydrogen-bond acceptors (Lipinski definition) is 5. The first kappa shape index (κ1) is 22.3. The lowest BCUT2D eigenvalue weighted by Crippen LogP contribution is -2.16. The summed E-state index contributed by atoms with van der Waals surface area (Å²) >= 11 is 0. The van der Waals surface area contributed by atoms with Crippen LogP contribution in [0.15, 0.2) is 91.1 Å². The van der Waals surface area contributed by atoms with Crippen LogP contribution in [0.2, 0.25) is 0 Å². The van der Waals surface area contributed by atoms with Gasteiger partial charge in [-0.25, -0.2) is 14.4 Å². The Labute approximate surface area is 193 Å². The average Bonchev–Trinajstić information content (AvgIpc) is 2.85. The molecule has 1 N–H and O–H groups in total. The fourth-order valence-electron chi connectivity index (χ4n) is 4.00. The summed E-state index contributed by atoms with van der Waals surface area (Å²) in [4.78, 5) is 9.31. The maximum Gasteiger partial charge on any atom is 0.223 e. The first-order valence-corrected chi connectivity index (χ1v) is 10.6. The highest BCUT2D eigenvalue weighted by Crippen LogP contribution is 2.41. The molecule has 1 atom stereocenters. The molecule has 1 unspecified atom stereocenters. The van der Waals surface area contributed by atoms with Crippen LogP contribution in [0, 0.1) is 5.82 Å². The molecule has 0 saturated heterocycles. The number of hydrogen-bond donors (Lipinski definition) is 1. The van der Waals surface area contributed by atoms with Crippen molar-refractivity contribution in [1.29, 1.82) is 0 Å². The Kier molecular flexibility index (Phi) is 6.54. The summed E-state index contributed by atoms with van der Waals surface area (Å²) in [5, 5.41) is 3.23. The number of rotatable bonds is 8. The number of anilines is 1. The van der Waals surface area contributed by atoms with E-state index in [0.717, 1.165) is 34.4 Å². The van der Waals surface area contributed by atoms with E-state index in [-0.39, 0.29) is 11.7 Å². The Balaban J connectivity index is 1.57. The standard InChI is InChI=1S/C27H26FN3O2/c1-17(13-25(33-4)18(2)32-3)15-29-27-30-16-20-14-24(19-9-11-21(28)12-10-19)22-7-5-6-8-23(22)26(20)31-27/h5-13,16,24H,1-2,14-15H2,3-4H3,(H,29,30,31)/b25-13+. The van der Waals surface area contributed by atoms with E-state index < -0.39 is 0 Å². The van der Waals surface area contributed by atoms with Crippen LogP contribution < -0.4 is 5.32 Å². The molecule has 1 heterocycles. The van der Waals surface area contributed by atoms with Crippen LogP contribution >= 0.6 is 0 Å². The second kappa shape index (κ2) is 9.69. The fraction of sp³-hybridized carbons (Fsp3) is 0.185. The van der Waals surface area contributed by atoms with E-state index >= 15 is 0 Å². The molecule has 4 rings (SSSR count). The minimum atomic E-state index is -0.233. The van der Waals surface area contributed by atoms with Gasteiger partial charge in [0.05, 0.1) is 19.9 Å². The zero-order valence-electron chi connectivity index (χ0n) is 18.8. The lowest BCUT2D eigenvalue weighted by molar-refractivity contribution is 0.221. The normalized spacial score (nSPS) is 14.6. The number of fused-ring (bicyclic) bond motifs is 3. The molecule has 3 aromatic rings. The van der Waals surface area contributed by atoms with Crippen molar-refractivity contribution in [2.24, 2.45) is 0 Å². The van der Waals surface area contributed by atoms with Crippen molar-refractivity contribution in [3.63, 3.8) is 0 Å². The summed E-state index contributed by atoms with van der Waals surface area (Å²) in [7, 11) is 3.09. The minimum Gasteiger partial charge on any atom is -0.494 e. The van der Waals surface area contributed by atoms with Crippen LogP contribution in [0.1, 0.15) is 22.6 Å². The third-order valence-electron chi connectivity index (χ3n) is 5.70. The van der Waals surface area contributed by atoms with E-state index in [9.17, 15) is 4.39 Å². The van der Waals surface area contributed by atoms with Gasteiger partial charge >= 0.3 is 0 Å². The second-order valence-electron chi connectivity index (χ2n) is 7.81. The minimum absolute atomic E-state index is 0.128. The molecule has 0 bridgehead atoms. The smallest absolute Gasteiger partial charge is 0.223 e. The summed E-state index contributed by atoms with van der Waals surface area (Å²) in [6, 6.07) is 14.9. The van der Waals surface area contributed by atoms with Gasteiger partial charge in [0, 0.05) is 24.2 Å². The van der Waals surface area contributed by atoms with Crippen molar-refractivity contribution < 1.29 is 13.9 Å². The van der Waals surface area contributed by atoms with E-state index in [2.05, 4.69) is 35.6 Å². The molecular weight excluding hydrogens is 417 g/mol. The number of methoxy groups -OCH3 is 2. The van der Waals surface area contributed by atoms with Crippen LogP contribution in [0.4, 0.5) is 10.3 Å². The Morgan fingerprint density at radius 3 is 2.61 bits per heavy atom. The van der Waals surface area contributed by atoms with E-state index in [1.807, 2.05) is 30.5 Å². The van der Waals surface area contributed by atoms with Crippen LogP contribution in [0.5, 0.6) is 0 Å². The summed E-state index contributed by atoms with van der Waals surface area (Å²) < 4.78 is 23.9. The predicted molar refractivity (Wildman–Crippen MR) is 128 cm³/mol. The van der Waals surface area contributed by atoms with E-state index in [1.54, 1.807) is 13.2 Å². The lowest BCUT2D eigenvalue weighted by atomic mass is 9.78. The first-order chi connectivity index (χ1) is 16.0. The van der Waals surface area contributed by atoms with E-state index in [1.165, 1.54) is 24.8 Å². The van der Waals surface area contributed by atoms with E-state index in [0.29, 0.717) is 24.0 Å². The molecule has 0 spiro atoms. The molecule has 0 fully saturated rings. The van der Waals surface area contributed by atoms with Gasteiger partial charge in [-0.2, -0.15) is 0 Å². The van der Waals surface area contributed by atoms with Crippen LogP contribution in [-0.2, 0) is 15.9 Å². The van der Waals surface area contributed by atoms with Crippen molar-refractivity contribution in [3.8, 4) is 11.3 Å². The number of ether oxygens (including phenoxy) is 2. The second-order valence-corrected chi connectivity index (χ2v) is 7.81. The Morgan fingerprint density at radius 2 is 1.88 bits per heavy atom. The molecule has 1 aliphatic carbocycles. The highest BCUT2D eigenvalue weighted by Gasteiger charge is 2.27. The zero-order chi connectivity index (χ0) is 23.4. The SMILES string of the molecule is C=C(/C=C(/OC)C(=C)OC)CNc1ncc2c(n1)-c1ccccc1C(c1ccc(F)cc1)C2. The van der Waals surface area contributed by atoms with Gasteiger partial charge in [-0.15, -0.1) is 0 Å². The van der Waals surface area contributed by atoms with Gasteiger partial charge in [-0.05, 0) is 46.9 Å². The molecule has 5 nitrogen and oxygen atoms in total. The highest BCUT2D eigenvalue weighted by molar-refractivity contribution is 5.72. The van der Waals surface area contributed by atoms with Crippen LogP contribution in [-0.4, -0.2) is 30.7 Å². The Bertz CT molecular complexity index is 1220. The molecule has 0 saturated carbocycles. The Morgan fingerprint density at radius 1 is 1.12 bits per heavy atom. The average molecular weight is 444 g/mol. The van der Waals surface area contributed by atoms with Crippen LogP contribution in [0.3, 0.4) is 0 Å². The number of aromatic nitrogens is 2. The summed E-state index contributed by atoms with van der Waals surface area (Å²) in [6.45, 7) is 8.28. The monoisotopic (exact) mass is 443 g/mol. The molecule has 0 amide bonds. The molecule has 0 radical (unpaired) electrons. The van der Waals surface area contributed by atoms with Gasteiger partial charge in [-0.3, -0.25) is 0 Å². The van der Waals surface area contributed by atoms with Crippen LogP contribution in [0.25, 0.3) is 11.3 Å². The summed E-state index contributed by atoms with van der Waals surface area (Å²) in [5.41, 5.74) is 6.06. The highest BCUT2D eigenvalue weighted by atomic mass is 19.1. The van der Waals surface area contributed by atoms with Crippen molar-refractivity contribution in [2.45, 2.75) is 12.3 Å². The third kappa shape index (κ3) is 4.80. The third-order valence-corrected chi connectivity index (χ3v) is 5.70. The number of nitrogens with zero attached hydrogens (tertiary/aromatic N) is 2. The van der Waals surface area contributed by atoms with Gasteiger partial charge in [-0.1, -0.05) is 49.6 Å². The van der Waals surface area contributed by atoms with E-state index in [4.69, 9.17) is 14.5 Å². The number of halogens is 1. The van der Waals surface area contributed by atoms with Gasteiger partial charge in [0.2, 0.25) is 5.95 Å². The van der Waals surface area contributed by atoms with Crippen molar-refractivity contribution in [1.82, 2.24) is 9.97 Å². The van der Waals surface area contributed by atoms with Gasteiger partial charge < -0.3 is 14.8 Å². The van der Waals surface area contributed by atoms with Gasteiger partial charge in [0.1, 0.15) is 5.82 Å². The summed E-state index contributed by atoms with van der Waals surface area (Å²) in [6.07, 6.45) is 4.38. The zero-order valence-corrected chi connectivity index (χ0v) is 18.8. The molecule has 33 heavy (non-hydrogen) atoms. The number of benzene rings is 2. The first-order valence-electron chi connectivity index (χ1n) is 10.6. The van der Waals surface area contributed by atoms with Crippen molar-refractivity contribution >= 4 is 5.95 Å². The topological polar surface area (TPSA) is 56.3 Å².